The maximum Gasteiger partial charge on any atom is 0.231 e. The molecule has 0 spiro atoms. The number of halogens is 1. The van der Waals surface area contributed by atoms with Crippen LogP contribution >= 0.6 is 24.0 Å². The second kappa shape index (κ2) is 10.7. The molecule has 1 fully saturated rings. The molecular weight excluding hydrogens is 445 g/mol. The number of nitrogens with two attached hydrogens (primary N) is 1. The minimum atomic E-state index is -0.261. The van der Waals surface area contributed by atoms with Gasteiger partial charge in [0.2, 0.25) is 5.91 Å². The van der Waals surface area contributed by atoms with E-state index in [0.29, 0.717) is 19.1 Å². The van der Waals surface area contributed by atoms with Crippen LogP contribution in [0.1, 0.15) is 36.7 Å². The Labute approximate surface area is 173 Å². The number of aryl methyl sites for hydroxylation is 2. The van der Waals surface area contributed by atoms with Gasteiger partial charge in [-0.05, 0) is 33.6 Å². The number of hydrogen-bond acceptors (Lipinski definition) is 4. The average Bonchev–Trinajstić information content (AvgIpc) is 2.79. The molecule has 8 nitrogen and oxygen atoms in total. The van der Waals surface area contributed by atoms with Crippen molar-refractivity contribution in [1.29, 1.82) is 0 Å². The van der Waals surface area contributed by atoms with Crippen LogP contribution in [0.2, 0.25) is 0 Å². The van der Waals surface area contributed by atoms with Gasteiger partial charge in [-0.2, -0.15) is 5.10 Å². The molecule has 0 radical (unpaired) electrons. The first-order chi connectivity index (χ1) is 11.9. The second-order valence-corrected chi connectivity index (χ2v) is 6.63. The number of aliphatic imine (C=N–C) groups is 1. The van der Waals surface area contributed by atoms with Crippen molar-refractivity contribution < 1.29 is 4.79 Å². The number of piperidine rings is 1. The molecule has 1 amide bonds. The molecule has 0 bridgehead atoms. The van der Waals surface area contributed by atoms with E-state index in [2.05, 4.69) is 34.5 Å². The maximum absolute atomic E-state index is 11.0. The van der Waals surface area contributed by atoms with Gasteiger partial charge in [-0.1, -0.05) is 0 Å². The summed E-state index contributed by atoms with van der Waals surface area (Å²) in [5.74, 6) is 0.571. The highest BCUT2D eigenvalue weighted by Gasteiger charge is 2.21. The molecule has 0 aliphatic carbocycles. The molecule has 1 aromatic heterocycles. The van der Waals surface area contributed by atoms with Gasteiger partial charge >= 0.3 is 0 Å². The van der Waals surface area contributed by atoms with Gasteiger partial charge in [-0.25, -0.2) is 4.99 Å². The highest BCUT2D eigenvalue weighted by atomic mass is 127. The highest BCUT2D eigenvalue weighted by molar-refractivity contribution is 14.0. The first-order valence-corrected chi connectivity index (χ1v) is 8.95. The summed E-state index contributed by atoms with van der Waals surface area (Å²) in [6, 6.07) is 0.359. The number of carbonyl (C=O) groups excluding carboxylic acids is 1. The molecule has 0 atom stereocenters. The number of likely N-dealkylation sites (tertiary alicyclic amines) is 1. The first-order valence-electron chi connectivity index (χ1n) is 8.95. The van der Waals surface area contributed by atoms with E-state index in [-0.39, 0.29) is 29.9 Å². The van der Waals surface area contributed by atoms with Crippen molar-refractivity contribution in [2.45, 2.75) is 46.2 Å². The highest BCUT2D eigenvalue weighted by Crippen LogP contribution is 2.13. The molecule has 4 N–H and O–H groups in total. The van der Waals surface area contributed by atoms with Gasteiger partial charge in [-0.15, -0.1) is 24.0 Å². The molecule has 1 aliphatic heterocycles. The third-order valence-electron chi connectivity index (χ3n) is 4.71. The van der Waals surface area contributed by atoms with Crippen LogP contribution in [-0.4, -0.2) is 58.8 Å². The van der Waals surface area contributed by atoms with Crippen molar-refractivity contribution in [3.8, 4) is 0 Å². The molecule has 2 heterocycles. The molecule has 1 saturated heterocycles. The van der Waals surface area contributed by atoms with E-state index in [0.717, 1.165) is 49.8 Å². The summed E-state index contributed by atoms with van der Waals surface area (Å²) in [4.78, 5) is 17.9. The van der Waals surface area contributed by atoms with E-state index in [9.17, 15) is 4.79 Å². The second-order valence-electron chi connectivity index (χ2n) is 6.63. The number of hydrogen-bond donors (Lipinski definition) is 3. The van der Waals surface area contributed by atoms with Crippen LogP contribution < -0.4 is 16.4 Å². The molecule has 1 aromatic rings. The fourth-order valence-corrected chi connectivity index (χ4v) is 3.17. The smallest absolute Gasteiger partial charge is 0.231 e. The number of nitrogens with one attached hydrogen (secondary N) is 2. The fourth-order valence-electron chi connectivity index (χ4n) is 3.17. The third-order valence-corrected chi connectivity index (χ3v) is 4.71. The Hall–Kier alpha value is -1.36. The molecule has 1 aliphatic rings. The van der Waals surface area contributed by atoms with Gasteiger partial charge in [0.1, 0.15) is 0 Å². The van der Waals surface area contributed by atoms with Gasteiger partial charge < -0.3 is 16.4 Å². The Balaban J connectivity index is 0.00000338. The van der Waals surface area contributed by atoms with E-state index < -0.39 is 0 Å². The Kier molecular flexibility index (Phi) is 9.34. The van der Waals surface area contributed by atoms with Crippen LogP contribution in [0.15, 0.2) is 4.99 Å². The topological polar surface area (TPSA) is 101 Å². The standard InChI is InChI=1S/C17H31N7O.HI/c1-5-19-17(20-10-15-12(2)22-23(4)13(15)3)21-14-6-8-24(9-7-14)11-16(18)25;/h14H,5-11H2,1-4H3,(H2,18,25)(H2,19,20,21);1H. The van der Waals surface area contributed by atoms with Crippen LogP contribution in [0.25, 0.3) is 0 Å². The summed E-state index contributed by atoms with van der Waals surface area (Å²) in [7, 11) is 1.96. The zero-order chi connectivity index (χ0) is 18.4. The van der Waals surface area contributed by atoms with E-state index >= 15 is 0 Å². The lowest BCUT2D eigenvalue weighted by atomic mass is 10.1. The van der Waals surface area contributed by atoms with E-state index in [1.807, 2.05) is 18.7 Å². The lowest BCUT2D eigenvalue weighted by molar-refractivity contribution is -0.119. The van der Waals surface area contributed by atoms with Crippen LogP contribution in [0, 0.1) is 13.8 Å². The number of guanidine groups is 1. The van der Waals surface area contributed by atoms with Crippen LogP contribution in [-0.2, 0) is 18.4 Å². The number of primary amides is 1. The lowest BCUT2D eigenvalue weighted by Crippen LogP contribution is -2.49. The summed E-state index contributed by atoms with van der Waals surface area (Å²) in [5, 5.41) is 11.3. The van der Waals surface area contributed by atoms with Crippen molar-refractivity contribution in [3.05, 3.63) is 17.0 Å². The molecule has 0 saturated carbocycles. The Bertz CT molecular complexity index is 621. The van der Waals surface area contributed by atoms with Crippen molar-refractivity contribution in [1.82, 2.24) is 25.3 Å². The normalized spacial score (nSPS) is 16.2. The number of aromatic nitrogens is 2. The van der Waals surface area contributed by atoms with Crippen molar-refractivity contribution in [2.75, 3.05) is 26.2 Å². The van der Waals surface area contributed by atoms with Crippen LogP contribution in [0.5, 0.6) is 0 Å². The molecule has 9 heteroatoms. The van der Waals surface area contributed by atoms with Gasteiger partial charge in [0.05, 0.1) is 18.8 Å². The molecule has 0 aromatic carbocycles. The first kappa shape index (κ1) is 22.7. The van der Waals surface area contributed by atoms with Gasteiger partial charge in [0, 0.05) is 44.0 Å². The van der Waals surface area contributed by atoms with Crippen LogP contribution in [0.4, 0.5) is 0 Å². The van der Waals surface area contributed by atoms with Crippen molar-refractivity contribution >= 4 is 35.8 Å². The Morgan fingerprint density at radius 1 is 1.35 bits per heavy atom. The molecule has 0 unspecified atom stereocenters. The van der Waals surface area contributed by atoms with Gasteiger partial charge in [0.25, 0.3) is 0 Å². The summed E-state index contributed by atoms with van der Waals surface area (Å²) in [5.41, 5.74) is 8.62. The average molecular weight is 477 g/mol. The molecule has 148 valence electrons. The monoisotopic (exact) mass is 477 g/mol. The predicted octanol–water partition coefficient (Wildman–Crippen LogP) is 0.660. The SMILES string of the molecule is CCNC(=NCc1c(C)nn(C)c1C)NC1CCN(CC(N)=O)CC1.I. The largest absolute Gasteiger partial charge is 0.369 e. The summed E-state index contributed by atoms with van der Waals surface area (Å²) >= 11 is 0. The summed E-state index contributed by atoms with van der Waals surface area (Å²) < 4.78 is 1.90. The quantitative estimate of drug-likeness (QED) is 0.318. The van der Waals surface area contributed by atoms with E-state index in [1.54, 1.807) is 0 Å². The Morgan fingerprint density at radius 2 is 2.00 bits per heavy atom. The minimum absolute atomic E-state index is 0. The molecular formula is C17H32IN7O. The van der Waals surface area contributed by atoms with E-state index in [1.165, 1.54) is 5.56 Å². The van der Waals surface area contributed by atoms with Crippen molar-refractivity contribution in [3.63, 3.8) is 0 Å². The number of nitrogens with zero attached hydrogens (tertiary/aromatic N) is 4. The van der Waals surface area contributed by atoms with Crippen molar-refractivity contribution in [2.24, 2.45) is 17.8 Å². The van der Waals surface area contributed by atoms with E-state index in [4.69, 9.17) is 10.7 Å². The Morgan fingerprint density at radius 3 is 2.50 bits per heavy atom. The third kappa shape index (κ3) is 6.42. The zero-order valence-corrected chi connectivity index (χ0v) is 18.5. The van der Waals surface area contributed by atoms with Crippen LogP contribution in [0.3, 0.4) is 0 Å². The zero-order valence-electron chi connectivity index (χ0n) is 16.2. The summed E-state index contributed by atoms with van der Waals surface area (Å²) in [6.45, 7) is 9.68. The van der Waals surface area contributed by atoms with Gasteiger partial charge in [0.15, 0.2) is 5.96 Å². The molecule has 2 rings (SSSR count). The number of amides is 1. The van der Waals surface area contributed by atoms with Gasteiger partial charge in [-0.3, -0.25) is 14.4 Å². The fraction of sp³-hybridized carbons (Fsp3) is 0.706. The minimum Gasteiger partial charge on any atom is -0.369 e. The maximum atomic E-state index is 11.0. The number of carbonyl (C=O) groups is 1. The molecule has 26 heavy (non-hydrogen) atoms. The summed E-state index contributed by atoms with van der Waals surface area (Å²) in [6.07, 6.45) is 1.95. The lowest BCUT2D eigenvalue weighted by Gasteiger charge is -2.32. The predicted molar refractivity (Wildman–Crippen MR) is 115 cm³/mol. The number of rotatable bonds is 6.